The summed E-state index contributed by atoms with van der Waals surface area (Å²) in [5.74, 6) is 0.749. The van der Waals surface area contributed by atoms with Gasteiger partial charge in [0.25, 0.3) is 0 Å². The fourth-order valence-electron chi connectivity index (χ4n) is 1.39. The average molecular weight is 214 g/mol. The molecule has 0 unspecified atom stereocenters. The van der Waals surface area contributed by atoms with Gasteiger partial charge >= 0.3 is 0 Å². The fourth-order valence-corrected chi connectivity index (χ4v) is 1.48. The van der Waals surface area contributed by atoms with Gasteiger partial charge < -0.3 is 4.74 Å². The standard InChI is InChI=1S/C13H10OS/c1-2-13(15)14-12-8-7-10-5-3-4-6-11(10)9-12/h2-9H,1H2. The Morgan fingerprint density at radius 2 is 1.87 bits per heavy atom. The van der Waals surface area contributed by atoms with Crippen LogP contribution in [0, 0.1) is 0 Å². The third kappa shape index (κ3) is 2.22. The minimum atomic E-state index is 0.394. The normalized spacial score (nSPS) is 9.87. The predicted molar refractivity (Wildman–Crippen MR) is 67.4 cm³/mol. The van der Waals surface area contributed by atoms with Crippen molar-refractivity contribution >= 4 is 28.0 Å². The van der Waals surface area contributed by atoms with Gasteiger partial charge in [-0.1, -0.05) is 36.9 Å². The van der Waals surface area contributed by atoms with Crippen molar-refractivity contribution in [2.75, 3.05) is 0 Å². The second kappa shape index (κ2) is 4.24. The highest BCUT2D eigenvalue weighted by atomic mass is 32.1. The van der Waals surface area contributed by atoms with E-state index < -0.39 is 0 Å². The predicted octanol–water partition coefficient (Wildman–Crippen LogP) is 3.73. The van der Waals surface area contributed by atoms with Gasteiger partial charge in [-0.05, 0) is 41.2 Å². The molecule has 0 aliphatic heterocycles. The molecule has 2 aromatic rings. The molecule has 1 nitrogen and oxygen atoms in total. The van der Waals surface area contributed by atoms with Crippen molar-refractivity contribution in [1.82, 2.24) is 0 Å². The highest BCUT2D eigenvalue weighted by Gasteiger charge is 1.98. The molecule has 0 bridgehead atoms. The molecular weight excluding hydrogens is 204 g/mol. The maximum absolute atomic E-state index is 5.39. The molecular formula is C13H10OS. The fraction of sp³-hybridized carbons (Fsp3) is 0. The van der Waals surface area contributed by atoms with Gasteiger partial charge in [0.1, 0.15) is 5.75 Å². The van der Waals surface area contributed by atoms with Crippen LogP contribution in [0.15, 0.2) is 55.1 Å². The van der Waals surface area contributed by atoms with Gasteiger partial charge in [-0.25, -0.2) is 0 Å². The summed E-state index contributed by atoms with van der Waals surface area (Å²) in [4.78, 5) is 0. The zero-order valence-corrected chi connectivity index (χ0v) is 8.96. The molecule has 0 aliphatic rings. The summed E-state index contributed by atoms with van der Waals surface area (Å²) in [7, 11) is 0. The molecule has 0 saturated heterocycles. The first kappa shape index (κ1) is 9.87. The summed E-state index contributed by atoms with van der Waals surface area (Å²) in [6.45, 7) is 3.55. The van der Waals surface area contributed by atoms with E-state index in [2.05, 4.69) is 12.6 Å². The summed E-state index contributed by atoms with van der Waals surface area (Å²) in [6, 6.07) is 14.0. The van der Waals surface area contributed by atoms with E-state index in [1.807, 2.05) is 36.4 Å². The van der Waals surface area contributed by atoms with Gasteiger partial charge in [-0.3, -0.25) is 0 Å². The number of hydrogen-bond acceptors (Lipinski definition) is 2. The van der Waals surface area contributed by atoms with Crippen molar-refractivity contribution in [1.29, 1.82) is 0 Å². The van der Waals surface area contributed by atoms with Crippen LogP contribution in [0.25, 0.3) is 10.8 Å². The second-order valence-corrected chi connectivity index (χ2v) is 3.54. The Bertz CT molecular complexity index is 517. The first-order valence-corrected chi connectivity index (χ1v) is 5.03. The number of hydrogen-bond donors (Lipinski definition) is 0. The molecule has 0 radical (unpaired) electrons. The molecule has 74 valence electrons. The van der Waals surface area contributed by atoms with Gasteiger partial charge in [0, 0.05) is 0 Å². The van der Waals surface area contributed by atoms with E-state index in [-0.39, 0.29) is 0 Å². The molecule has 0 atom stereocenters. The molecule has 0 spiro atoms. The topological polar surface area (TPSA) is 9.23 Å². The summed E-state index contributed by atoms with van der Waals surface area (Å²) in [6.07, 6.45) is 1.52. The van der Waals surface area contributed by atoms with Crippen LogP contribution in [-0.4, -0.2) is 5.05 Å². The molecule has 2 rings (SSSR count). The highest BCUT2D eigenvalue weighted by Crippen LogP contribution is 2.20. The van der Waals surface area contributed by atoms with Crippen LogP contribution in [0.3, 0.4) is 0 Å². The zero-order valence-electron chi connectivity index (χ0n) is 8.14. The third-order valence-electron chi connectivity index (χ3n) is 2.11. The van der Waals surface area contributed by atoms with Gasteiger partial charge in [0.2, 0.25) is 0 Å². The highest BCUT2D eigenvalue weighted by molar-refractivity contribution is 7.80. The van der Waals surface area contributed by atoms with Crippen molar-refractivity contribution in [2.24, 2.45) is 0 Å². The average Bonchev–Trinajstić information content (AvgIpc) is 2.29. The Kier molecular flexibility index (Phi) is 2.79. The Labute approximate surface area is 94.0 Å². The molecule has 0 saturated carbocycles. The number of benzene rings is 2. The molecule has 0 N–H and O–H groups in total. The maximum Gasteiger partial charge on any atom is 0.190 e. The van der Waals surface area contributed by atoms with Crippen molar-refractivity contribution in [3.05, 3.63) is 55.1 Å². The monoisotopic (exact) mass is 214 g/mol. The smallest absolute Gasteiger partial charge is 0.190 e. The summed E-state index contributed by atoms with van der Waals surface area (Å²) in [5, 5.41) is 2.72. The van der Waals surface area contributed by atoms with Gasteiger partial charge in [-0.15, -0.1) is 0 Å². The quantitative estimate of drug-likeness (QED) is 0.556. The van der Waals surface area contributed by atoms with Gasteiger partial charge in [0.15, 0.2) is 5.05 Å². The largest absolute Gasteiger partial charge is 0.446 e. The molecule has 0 aliphatic carbocycles. The molecule has 0 fully saturated rings. The number of ether oxygens (including phenoxy) is 1. The third-order valence-corrected chi connectivity index (χ3v) is 2.36. The maximum atomic E-state index is 5.39. The molecule has 2 aromatic carbocycles. The Balaban J connectivity index is 2.38. The van der Waals surface area contributed by atoms with Gasteiger partial charge in [0.05, 0.1) is 0 Å². The summed E-state index contributed by atoms with van der Waals surface area (Å²) < 4.78 is 5.39. The summed E-state index contributed by atoms with van der Waals surface area (Å²) in [5.41, 5.74) is 0. The Morgan fingerprint density at radius 3 is 2.60 bits per heavy atom. The molecule has 0 amide bonds. The van der Waals surface area contributed by atoms with E-state index in [1.54, 1.807) is 0 Å². The SMILES string of the molecule is C=CC(=S)Oc1ccc2ccccc2c1. The van der Waals surface area contributed by atoms with Crippen molar-refractivity contribution in [2.45, 2.75) is 0 Å². The lowest BCUT2D eigenvalue weighted by molar-refractivity contribution is 0.570. The lowest BCUT2D eigenvalue weighted by Gasteiger charge is -2.04. The lowest BCUT2D eigenvalue weighted by Crippen LogP contribution is -1.99. The lowest BCUT2D eigenvalue weighted by atomic mass is 10.1. The Morgan fingerprint density at radius 1 is 1.13 bits per heavy atom. The van der Waals surface area contributed by atoms with Gasteiger partial charge in [-0.2, -0.15) is 0 Å². The van der Waals surface area contributed by atoms with Crippen LogP contribution < -0.4 is 4.74 Å². The number of thiocarbonyl (C=S) groups is 1. The van der Waals surface area contributed by atoms with Crippen molar-refractivity contribution in [3.8, 4) is 5.75 Å². The van der Waals surface area contributed by atoms with Crippen LogP contribution in [-0.2, 0) is 0 Å². The van der Waals surface area contributed by atoms with Crippen molar-refractivity contribution < 1.29 is 4.74 Å². The van der Waals surface area contributed by atoms with Crippen LogP contribution in [0.1, 0.15) is 0 Å². The summed E-state index contributed by atoms with van der Waals surface area (Å²) >= 11 is 4.92. The Hall–Kier alpha value is -1.67. The van der Waals surface area contributed by atoms with E-state index in [9.17, 15) is 0 Å². The van der Waals surface area contributed by atoms with Crippen LogP contribution >= 0.6 is 12.2 Å². The van der Waals surface area contributed by atoms with Crippen molar-refractivity contribution in [3.63, 3.8) is 0 Å². The first-order valence-electron chi connectivity index (χ1n) is 4.62. The van der Waals surface area contributed by atoms with Crippen LogP contribution in [0.4, 0.5) is 0 Å². The molecule has 15 heavy (non-hydrogen) atoms. The zero-order chi connectivity index (χ0) is 10.7. The minimum Gasteiger partial charge on any atom is -0.446 e. The van der Waals surface area contributed by atoms with E-state index in [0.717, 1.165) is 11.1 Å². The number of fused-ring (bicyclic) bond motifs is 1. The minimum absolute atomic E-state index is 0.394. The van der Waals surface area contributed by atoms with E-state index in [4.69, 9.17) is 17.0 Å². The van der Waals surface area contributed by atoms with E-state index in [0.29, 0.717) is 5.05 Å². The molecule has 0 aromatic heterocycles. The molecule has 2 heteroatoms. The first-order chi connectivity index (χ1) is 7.29. The second-order valence-electron chi connectivity index (χ2n) is 3.13. The van der Waals surface area contributed by atoms with E-state index >= 15 is 0 Å². The van der Waals surface area contributed by atoms with E-state index in [1.165, 1.54) is 11.5 Å². The molecule has 0 heterocycles. The van der Waals surface area contributed by atoms with Crippen LogP contribution in [0.5, 0.6) is 5.75 Å². The number of rotatable bonds is 2. The van der Waals surface area contributed by atoms with Crippen LogP contribution in [0.2, 0.25) is 0 Å².